The van der Waals surface area contributed by atoms with Gasteiger partial charge in [-0.15, -0.1) is 0 Å². The molecule has 1 radical (unpaired) electrons. The number of carbonyl (C=O) groups is 1. The maximum absolute atomic E-state index is 10.7. The van der Waals surface area contributed by atoms with Crippen LogP contribution in [0, 0.1) is 5.92 Å². The highest BCUT2D eigenvalue weighted by Crippen LogP contribution is 2.23. The van der Waals surface area contributed by atoms with Gasteiger partial charge in [-0.05, 0) is 12.8 Å². The smallest absolute Gasteiger partial charge is 0.310 e. The Morgan fingerprint density at radius 2 is 1.33 bits per heavy atom. The molecule has 0 atom stereocenters. The first-order valence-corrected chi connectivity index (χ1v) is 4.88. The van der Waals surface area contributed by atoms with Crippen molar-refractivity contribution in [2.45, 2.75) is 51.4 Å². The molecule has 0 unspecified atom stereocenters. The highest BCUT2D eigenvalue weighted by Gasteiger charge is 2.17. The minimum Gasteiger partial charge on any atom is -0.481 e. The van der Waals surface area contributed by atoms with Crippen molar-refractivity contribution < 1.29 is 9.90 Å². The lowest BCUT2D eigenvalue weighted by Gasteiger charge is -2.08. The molecule has 1 aliphatic rings. The predicted octanol–water partition coefficient (Wildman–Crippen LogP) is 2.78. The Bertz CT molecular complexity index is 133. The predicted molar refractivity (Wildman–Crippen MR) is 47.8 cm³/mol. The van der Waals surface area contributed by atoms with Crippen LogP contribution in [0.4, 0.5) is 0 Å². The minimum atomic E-state index is -0.670. The fraction of sp³-hybridized carbons (Fsp3) is 0.800. The maximum atomic E-state index is 10.7. The third-order valence-electron chi connectivity index (χ3n) is 2.51. The summed E-state index contributed by atoms with van der Waals surface area (Å²) in [5.41, 5.74) is 0. The van der Waals surface area contributed by atoms with Gasteiger partial charge in [-0.3, -0.25) is 4.79 Å². The Morgan fingerprint density at radius 1 is 0.917 bits per heavy atom. The third kappa shape index (κ3) is 3.24. The van der Waals surface area contributed by atoms with Crippen molar-refractivity contribution in [1.29, 1.82) is 0 Å². The molecule has 1 saturated carbocycles. The van der Waals surface area contributed by atoms with E-state index in [1.807, 2.05) is 0 Å². The zero-order chi connectivity index (χ0) is 8.81. The van der Waals surface area contributed by atoms with Gasteiger partial charge in [0.25, 0.3) is 0 Å². The topological polar surface area (TPSA) is 37.3 Å². The Hall–Kier alpha value is -0.530. The fourth-order valence-electron chi connectivity index (χ4n) is 1.72. The zero-order valence-corrected chi connectivity index (χ0v) is 7.51. The van der Waals surface area contributed by atoms with Crippen LogP contribution in [-0.4, -0.2) is 11.1 Å². The highest BCUT2D eigenvalue weighted by molar-refractivity contribution is 5.82. The van der Waals surface area contributed by atoms with Gasteiger partial charge in [0.1, 0.15) is 0 Å². The molecule has 0 spiro atoms. The second-order valence-corrected chi connectivity index (χ2v) is 3.53. The van der Waals surface area contributed by atoms with E-state index >= 15 is 0 Å². The lowest BCUT2D eigenvalue weighted by Crippen LogP contribution is -2.10. The standard InChI is InChI=1S/C10H17O2/c11-10(12)9-7-5-3-1-2-4-6-8-9/h1-8H2,(H,11,12). The summed E-state index contributed by atoms with van der Waals surface area (Å²) >= 11 is 0. The average Bonchev–Trinajstić information content (AvgIpc) is 2.15. The molecule has 0 aromatic heterocycles. The lowest BCUT2D eigenvalue weighted by molar-refractivity contribution is -0.135. The molecule has 12 heavy (non-hydrogen) atoms. The molecule has 69 valence electrons. The molecule has 1 aliphatic carbocycles. The lowest BCUT2D eigenvalue weighted by atomic mass is 9.97. The zero-order valence-electron chi connectivity index (χ0n) is 7.51. The summed E-state index contributed by atoms with van der Waals surface area (Å²) in [6, 6.07) is 0. The molecule has 2 heteroatoms. The average molecular weight is 169 g/mol. The van der Waals surface area contributed by atoms with E-state index in [0.717, 1.165) is 31.6 Å². The monoisotopic (exact) mass is 169 g/mol. The van der Waals surface area contributed by atoms with Gasteiger partial charge in [-0.2, -0.15) is 0 Å². The van der Waals surface area contributed by atoms with Crippen molar-refractivity contribution in [3.63, 3.8) is 0 Å². The van der Waals surface area contributed by atoms with E-state index in [1.165, 1.54) is 25.7 Å². The van der Waals surface area contributed by atoms with Crippen LogP contribution in [0.2, 0.25) is 0 Å². The van der Waals surface area contributed by atoms with Crippen LogP contribution in [0.5, 0.6) is 0 Å². The van der Waals surface area contributed by atoms with E-state index in [4.69, 9.17) is 5.11 Å². The summed E-state index contributed by atoms with van der Waals surface area (Å²) in [6.45, 7) is 0. The van der Waals surface area contributed by atoms with Crippen LogP contribution in [0.1, 0.15) is 51.4 Å². The van der Waals surface area contributed by atoms with Crippen LogP contribution >= 0.6 is 0 Å². The number of carboxylic acids is 1. The Morgan fingerprint density at radius 3 is 1.75 bits per heavy atom. The van der Waals surface area contributed by atoms with E-state index in [9.17, 15) is 4.79 Å². The van der Waals surface area contributed by atoms with Gasteiger partial charge in [0.2, 0.25) is 0 Å². The Balaban J connectivity index is 2.33. The van der Waals surface area contributed by atoms with Gasteiger partial charge in [0, 0.05) is 0 Å². The molecule has 0 aromatic rings. The van der Waals surface area contributed by atoms with Crippen LogP contribution < -0.4 is 0 Å². The van der Waals surface area contributed by atoms with Crippen molar-refractivity contribution >= 4 is 5.97 Å². The first-order chi connectivity index (χ1) is 5.80. The quantitative estimate of drug-likeness (QED) is 0.655. The molecule has 1 N–H and O–H groups in total. The summed E-state index contributed by atoms with van der Waals surface area (Å²) < 4.78 is 0. The number of rotatable bonds is 1. The molecule has 0 amide bonds. The van der Waals surface area contributed by atoms with Crippen LogP contribution in [0.15, 0.2) is 0 Å². The van der Waals surface area contributed by atoms with Gasteiger partial charge in [-0.1, -0.05) is 38.5 Å². The van der Waals surface area contributed by atoms with Gasteiger partial charge < -0.3 is 5.11 Å². The molecule has 0 aromatic carbocycles. The van der Waals surface area contributed by atoms with Crippen molar-refractivity contribution in [1.82, 2.24) is 0 Å². The van der Waals surface area contributed by atoms with E-state index in [1.54, 1.807) is 0 Å². The Labute approximate surface area is 74.0 Å². The number of hydrogen-bond acceptors (Lipinski definition) is 1. The maximum Gasteiger partial charge on any atom is 0.310 e. The summed E-state index contributed by atoms with van der Waals surface area (Å²) in [7, 11) is 0. The summed E-state index contributed by atoms with van der Waals surface area (Å²) in [5, 5.41) is 8.81. The fourth-order valence-corrected chi connectivity index (χ4v) is 1.72. The number of hydrogen-bond donors (Lipinski definition) is 1. The highest BCUT2D eigenvalue weighted by atomic mass is 16.4. The first kappa shape index (κ1) is 9.56. The van der Waals surface area contributed by atoms with E-state index in [-0.39, 0.29) is 0 Å². The molecule has 0 heterocycles. The van der Waals surface area contributed by atoms with Crippen LogP contribution in [0.3, 0.4) is 0 Å². The number of aliphatic carboxylic acids is 1. The van der Waals surface area contributed by atoms with Gasteiger partial charge in [0.15, 0.2) is 0 Å². The summed E-state index contributed by atoms with van der Waals surface area (Å²) in [6.07, 6.45) is 8.75. The van der Waals surface area contributed by atoms with E-state index in [0.29, 0.717) is 0 Å². The van der Waals surface area contributed by atoms with Crippen molar-refractivity contribution in [2.75, 3.05) is 0 Å². The van der Waals surface area contributed by atoms with E-state index in [2.05, 4.69) is 0 Å². The molecular formula is C10H17O2. The molecule has 0 saturated heterocycles. The van der Waals surface area contributed by atoms with E-state index < -0.39 is 5.97 Å². The molecule has 1 fully saturated rings. The van der Waals surface area contributed by atoms with Crippen LogP contribution in [0.25, 0.3) is 0 Å². The minimum absolute atomic E-state index is 0.670. The molecule has 1 rings (SSSR count). The van der Waals surface area contributed by atoms with Crippen LogP contribution in [-0.2, 0) is 4.79 Å². The van der Waals surface area contributed by atoms with Crippen molar-refractivity contribution in [3.05, 3.63) is 5.92 Å². The Kier molecular flexibility index (Phi) is 4.12. The molecule has 2 nitrogen and oxygen atoms in total. The van der Waals surface area contributed by atoms with Gasteiger partial charge >= 0.3 is 5.97 Å². The molecule has 0 bridgehead atoms. The second kappa shape index (κ2) is 5.18. The summed E-state index contributed by atoms with van der Waals surface area (Å²) in [5.74, 6) is 0.0776. The SMILES string of the molecule is O=C(O)[C]1CCCCCCCC1. The first-order valence-electron chi connectivity index (χ1n) is 4.88. The van der Waals surface area contributed by atoms with Gasteiger partial charge in [-0.25, -0.2) is 0 Å². The third-order valence-corrected chi connectivity index (χ3v) is 2.51. The van der Waals surface area contributed by atoms with Crippen molar-refractivity contribution in [2.24, 2.45) is 0 Å². The largest absolute Gasteiger partial charge is 0.481 e. The second-order valence-electron chi connectivity index (χ2n) is 3.53. The van der Waals surface area contributed by atoms with Crippen molar-refractivity contribution in [3.8, 4) is 0 Å². The normalized spacial score (nSPS) is 22.3. The summed E-state index contributed by atoms with van der Waals surface area (Å²) in [4.78, 5) is 10.7. The molecular weight excluding hydrogens is 152 g/mol. The van der Waals surface area contributed by atoms with Gasteiger partial charge in [0.05, 0.1) is 5.92 Å². The molecule has 0 aliphatic heterocycles. The number of carboxylic acid groups (broad SMARTS) is 1.